The molecule has 1 aliphatic carbocycles. The molecule has 0 radical (unpaired) electrons. The van der Waals surface area contributed by atoms with Crippen LogP contribution in [0.1, 0.15) is 41.0 Å². The van der Waals surface area contributed by atoms with Crippen LogP contribution < -0.4 is 4.87 Å². The van der Waals surface area contributed by atoms with Crippen LogP contribution in [-0.2, 0) is 12.8 Å². The molecule has 1 aromatic heterocycles. The van der Waals surface area contributed by atoms with Crippen LogP contribution in [0.15, 0.2) is 23.0 Å². The van der Waals surface area contributed by atoms with Gasteiger partial charge in [0, 0.05) is 6.42 Å². The van der Waals surface area contributed by atoms with E-state index in [1.165, 1.54) is 5.56 Å². The lowest BCUT2D eigenvalue weighted by Gasteiger charge is -2.27. The van der Waals surface area contributed by atoms with Crippen LogP contribution in [0, 0.1) is 5.92 Å². The Hall–Kier alpha value is -1.59. The van der Waals surface area contributed by atoms with E-state index in [-0.39, 0.29) is 16.9 Å². The number of nitrogens with one attached hydrogen (secondary N) is 1. The fourth-order valence-corrected chi connectivity index (χ4v) is 3.54. The zero-order chi connectivity index (χ0) is 14.3. The minimum absolute atomic E-state index is 0.0358. The minimum Gasteiger partial charge on any atom is -0.494 e. The van der Waals surface area contributed by atoms with Gasteiger partial charge in [-0.1, -0.05) is 36.5 Å². The van der Waals surface area contributed by atoms with Crippen LogP contribution in [0.2, 0.25) is 0 Å². The summed E-state index contributed by atoms with van der Waals surface area (Å²) >= 11 is 1.04. The van der Waals surface area contributed by atoms with E-state index in [0.29, 0.717) is 17.2 Å². The van der Waals surface area contributed by atoms with Gasteiger partial charge in [0.1, 0.15) is 0 Å². The summed E-state index contributed by atoms with van der Waals surface area (Å²) in [6, 6.07) is 6.01. The van der Waals surface area contributed by atoms with Gasteiger partial charge in [-0.2, -0.15) is 0 Å². The molecule has 0 bridgehead atoms. The Kier molecular flexibility index (Phi) is 3.40. The van der Waals surface area contributed by atoms with Gasteiger partial charge in [0.2, 0.25) is 5.88 Å². The number of aromatic nitrogens is 1. The summed E-state index contributed by atoms with van der Waals surface area (Å²) in [5, 5.41) is 19.8. The van der Waals surface area contributed by atoms with Crippen molar-refractivity contribution in [3.63, 3.8) is 0 Å². The molecule has 1 heterocycles. The number of aromatic hydroxyl groups is 1. The van der Waals surface area contributed by atoms with Crippen molar-refractivity contribution in [1.82, 2.24) is 4.98 Å². The third-order valence-electron chi connectivity index (χ3n) is 4.00. The maximum absolute atomic E-state index is 11.2. The van der Waals surface area contributed by atoms with Crippen molar-refractivity contribution >= 4 is 11.3 Å². The number of aliphatic hydroxyl groups excluding tert-OH is 1. The van der Waals surface area contributed by atoms with Gasteiger partial charge < -0.3 is 10.2 Å². The van der Waals surface area contributed by atoms with Gasteiger partial charge >= 0.3 is 4.87 Å². The predicted octanol–water partition coefficient (Wildman–Crippen LogP) is 2.35. The molecule has 4 nitrogen and oxygen atoms in total. The Morgan fingerprint density at radius 1 is 1.45 bits per heavy atom. The van der Waals surface area contributed by atoms with E-state index in [0.717, 1.165) is 35.3 Å². The van der Waals surface area contributed by atoms with Crippen LogP contribution in [0.4, 0.5) is 0 Å². The summed E-state index contributed by atoms with van der Waals surface area (Å²) in [5.41, 5.74) is 3.24. The highest BCUT2D eigenvalue weighted by atomic mass is 32.1. The summed E-state index contributed by atoms with van der Waals surface area (Å²) in [7, 11) is 0. The average molecular weight is 291 g/mol. The number of rotatable bonds is 2. The molecule has 0 amide bonds. The first kappa shape index (κ1) is 13.4. The molecule has 3 rings (SSSR count). The first-order valence-electron chi connectivity index (χ1n) is 6.75. The second kappa shape index (κ2) is 5.07. The maximum atomic E-state index is 11.2. The Morgan fingerprint density at radius 3 is 2.95 bits per heavy atom. The molecule has 1 aliphatic rings. The first-order chi connectivity index (χ1) is 9.54. The van der Waals surface area contributed by atoms with Crippen LogP contribution in [-0.4, -0.2) is 15.2 Å². The lowest BCUT2D eigenvalue weighted by atomic mass is 9.81. The molecule has 2 aromatic rings. The van der Waals surface area contributed by atoms with E-state index >= 15 is 0 Å². The Bertz CT molecular complexity index is 689. The van der Waals surface area contributed by atoms with Crippen molar-refractivity contribution in [2.24, 2.45) is 5.92 Å². The second-order valence-electron chi connectivity index (χ2n) is 5.46. The SMILES string of the molecule is CC1CCc2cc(Cc3sc(=O)[nH]c3O)ccc2C1O. The van der Waals surface area contributed by atoms with E-state index in [9.17, 15) is 15.0 Å². The maximum Gasteiger partial charge on any atom is 0.307 e. The fourth-order valence-electron chi connectivity index (χ4n) is 2.78. The van der Waals surface area contributed by atoms with E-state index in [2.05, 4.69) is 18.0 Å². The van der Waals surface area contributed by atoms with Crippen molar-refractivity contribution in [3.8, 4) is 5.88 Å². The lowest BCUT2D eigenvalue weighted by Crippen LogP contribution is -2.18. The molecule has 20 heavy (non-hydrogen) atoms. The summed E-state index contributed by atoms with van der Waals surface area (Å²) < 4.78 is 0. The number of hydrogen-bond donors (Lipinski definition) is 3. The van der Waals surface area contributed by atoms with Gasteiger partial charge in [-0.05, 0) is 35.4 Å². The largest absolute Gasteiger partial charge is 0.494 e. The molecule has 0 aliphatic heterocycles. The number of aromatic amines is 1. The van der Waals surface area contributed by atoms with Gasteiger partial charge in [0.25, 0.3) is 0 Å². The monoisotopic (exact) mass is 291 g/mol. The molecule has 0 fully saturated rings. The molecule has 3 N–H and O–H groups in total. The molecule has 0 spiro atoms. The highest BCUT2D eigenvalue weighted by molar-refractivity contribution is 7.09. The minimum atomic E-state index is -0.385. The van der Waals surface area contributed by atoms with Crippen molar-refractivity contribution in [1.29, 1.82) is 0 Å². The van der Waals surface area contributed by atoms with Crippen LogP contribution in [0.5, 0.6) is 5.88 Å². The predicted molar refractivity (Wildman–Crippen MR) is 78.3 cm³/mol. The smallest absolute Gasteiger partial charge is 0.307 e. The van der Waals surface area contributed by atoms with E-state index < -0.39 is 0 Å². The number of benzene rings is 1. The summed E-state index contributed by atoms with van der Waals surface area (Å²) in [4.78, 5) is 14.0. The molecule has 2 unspecified atom stereocenters. The van der Waals surface area contributed by atoms with Gasteiger partial charge in [-0.15, -0.1) is 0 Å². The van der Waals surface area contributed by atoms with Crippen molar-refractivity contribution < 1.29 is 10.2 Å². The summed E-state index contributed by atoms with van der Waals surface area (Å²) in [6.45, 7) is 2.07. The topological polar surface area (TPSA) is 73.3 Å². The third kappa shape index (κ3) is 2.39. The Labute approximate surface area is 120 Å². The molecule has 5 heteroatoms. The summed E-state index contributed by atoms with van der Waals surface area (Å²) in [5.74, 6) is 0.263. The van der Waals surface area contributed by atoms with Gasteiger partial charge in [-0.3, -0.25) is 9.78 Å². The molecule has 106 valence electrons. The molecule has 0 saturated carbocycles. The molecular weight excluding hydrogens is 274 g/mol. The quantitative estimate of drug-likeness (QED) is 0.795. The van der Waals surface area contributed by atoms with Crippen LogP contribution >= 0.6 is 11.3 Å². The molecule has 0 saturated heterocycles. The molecule has 2 atom stereocenters. The molecular formula is C15H17NO3S. The zero-order valence-electron chi connectivity index (χ0n) is 11.2. The lowest BCUT2D eigenvalue weighted by molar-refractivity contribution is 0.104. The molecule has 1 aromatic carbocycles. The fraction of sp³-hybridized carbons (Fsp3) is 0.400. The number of thiazole rings is 1. The zero-order valence-corrected chi connectivity index (χ0v) is 12.0. The van der Waals surface area contributed by atoms with Crippen LogP contribution in [0.25, 0.3) is 0 Å². The number of hydrogen-bond acceptors (Lipinski definition) is 4. The highest BCUT2D eigenvalue weighted by Gasteiger charge is 2.24. The Morgan fingerprint density at radius 2 is 2.25 bits per heavy atom. The number of H-pyrrole nitrogens is 1. The van der Waals surface area contributed by atoms with Crippen molar-refractivity contribution in [2.75, 3.05) is 0 Å². The van der Waals surface area contributed by atoms with Gasteiger partial charge in [-0.25, -0.2) is 0 Å². The highest BCUT2D eigenvalue weighted by Crippen LogP contribution is 2.35. The summed E-state index contributed by atoms with van der Waals surface area (Å²) in [6.07, 6.45) is 2.11. The van der Waals surface area contributed by atoms with Crippen molar-refractivity contribution in [3.05, 3.63) is 49.4 Å². The van der Waals surface area contributed by atoms with E-state index in [1.807, 2.05) is 12.1 Å². The average Bonchev–Trinajstić information content (AvgIpc) is 2.72. The number of aryl methyl sites for hydroxylation is 1. The second-order valence-corrected chi connectivity index (χ2v) is 6.52. The third-order valence-corrected chi connectivity index (χ3v) is 4.87. The first-order valence-corrected chi connectivity index (χ1v) is 7.57. The Balaban J connectivity index is 1.90. The van der Waals surface area contributed by atoms with E-state index in [4.69, 9.17) is 0 Å². The van der Waals surface area contributed by atoms with Gasteiger partial charge in [0.15, 0.2) is 0 Å². The number of fused-ring (bicyclic) bond motifs is 1. The normalized spacial score (nSPS) is 21.7. The van der Waals surface area contributed by atoms with Gasteiger partial charge in [0.05, 0.1) is 11.0 Å². The number of aliphatic hydroxyl groups is 1. The van der Waals surface area contributed by atoms with Crippen LogP contribution in [0.3, 0.4) is 0 Å². The van der Waals surface area contributed by atoms with E-state index in [1.54, 1.807) is 0 Å². The standard InChI is InChI=1S/C15H17NO3S/c1-8-2-4-10-6-9(3-5-11(10)13(8)17)7-12-14(18)16-15(19)20-12/h3,5-6,8,13,17-18H,2,4,7H2,1H3,(H,16,19). The van der Waals surface area contributed by atoms with Crippen molar-refractivity contribution in [2.45, 2.75) is 32.3 Å².